The van der Waals surface area contributed by atoms with Crippen molar-refractivity contribution in [2.75, 3.05) is 39.6 Å². The van der Waals surface area contributed by atoms with E-state index in [9.17, 15) is 43.2 Å². The minimum Gasteiger partial charge on any atom is -0.462 e. The van der Waals surface area contributed by atoms with Gasteiger partial charge in [0, 0.05) is 25.7 Å². The molecule has 0 amide bonds. The second kappa shape index (κ2) is 67.3. The van der Waals surface area contributed by atoms with Crippen molar-refractivity contribution >= 4 is 39.5 Å². The highest BCUT2D eigenvalue weighted by molar-refractivity contribution is 7.47. The van der Waals surface area contributed by atoms with Gasteiger partial charge in [-0.1, -0.05) is 336 Å². The lowest BCUT2D eigenvalue weighted by Crippen LogP contribution is -2.30. The first kappa shape index (κ1) is 91.1. The number of carbonyl (C=O) groups excluding carboxylic acids is 4. The fraction of sp³-hybridized carbons (Fsp3) is 0.946. The van der Waals surface area contributed by atoms with E-state index in [4.69, 9.17) is 37.0 Å². The van der Waals surface area contributed by atoms with Gasteiger partial charge in [0.05, 0.1) is 26.4 Å². The number of hydrogen-bond acceptors (Lipinski definition) is 15. The average Bonchev–Trinajstić information content (AvgIpc) is 2.11. The van der Waals surface area contributed by atoms with Crippen molar-refractivity contribution in [2.24, 2.45) is 5.92 Å². The molecule has 0 fully saturated rings. The lowest BCUT2D eigenvalue weighted by molar-refractivity contribution is -0.161. The van der Waals surface area contributed by atoms with E-state index >= 15 is 0 Å². The van der Waals surface area contributed by atoms with Crippen molar-refractivity contribution in [2.45, 2.75) is 406 Å². The average molecular weight is 1370 g/mol. The molecule has 0 bridgehead atoms. The van der Waals surface area contributed by atoms with Crippen LogP contribution in [0.3, 0.4) is 0 Å². The van der Waals surface area contributed by atoms with Crippen LogP contribution in [0, 0.1) is 5.92 Å². The van der Waals surface area contributed by atoms with Gasteiger partial charge in [-0.3, -0.25) is 37.3 Å². The van der Waals surface area contributed by atoms with E-state index in [1.807, 2.05) is 0 Å². The quantitative estimate of drug-likeness (QED) is 0.0222. The number of rotatable bonds is 74. The Hall–Kier alpha value is -1.94. The van der Waals surface area contributed by atoms with Gasteiger partial charge in [0.1, 0.15) is 19.3 Å². The SMILES string of the molecule is CCCCCCCCCCCCCCCCCC(=O)O[C@H](COC(=O)CCCCCCCCCCCCC(C)C)COP(=O)(O)OC[C@@H](O)COP(=O)(O)OC[C@@H](COC(=O)CCCCCCCCCCCCCC)OC(=O)CCCCCCCCCCCCCCC. The summed E-state index contributed by atoms with van der Waals surface area (Å²) in [6.45, 7) is 7.28. The van der Waals surface area contributed by atoms with E-state index in [1.165, 1.54) is 212 Å². The third-order valence-electron chi connectivity index (χ3n) is 17.3. The van der Waals surface area contributed by atoms with Crippen LogP contribution in [0.25, 0.3) is 0 Å². The third-order valence-corrected chi connectivity index (χ3v) is 19.2. The summed E-state index contributed by atoms with van der Waals surface area (Å²) in [6, 6.07) is 0. The molecule has 93 heavy (non-hydrogen) atoms. The number of hydrogen-bond donors (Lipinski definition) is 3. The molecule has 0 aliphatic heterocycles. The van der Waals surface area contributed by atoms with E-state index in [1.54, 1.807) is 0 Å². The number of esters is 4. The van der Waals surface area contributed by atoms with Crippen molar-refractivity contribution in [1.82, 2.24) is 0 Å². The molecule has 0 aliphatic rings. The van der Waals surface area contributed by atoms with Gasteiger partial charge in [0.25, 0.3) is 0 Å². The van der Waals surface area contributed by atoms with Gasteiger partial charge in [0.15, 0.2) is 12.2 Å². The van der Waals surface area contributed by atoms with Gasteiger partial charge >= 0.3 is 39.5 Å². The largest absolute Gasteiger partial charge is 0.472 e. The van der Waals surface area contributed by atoms with Gasteiger partial charge in [0.2, 0.25) is 0 Å². The van der Waals surface area contributed by atoms with E-state index in [0.29, 0.717) is 25.7 Å². The minimum atomic E-state index is -4.95. The van der Waals surface area contributed by atoms with Crippen LogP contribution in [-0.4, -0.2) is 96.7 Å². The van der Waals surface area contributed by atoms with Crippen LogP contribution in [0.2, 0.25) is 0 Å². The zero-order valence-electron chi connectivity index (χ0n) is 60.4. The molecule has 0 rings (SSSR count). The molecule has 5 atom stereocenters. The third kappa shape index (κ3) is 68.4. The monoisotopic (exact) mass is 1370 g/mol. The van der Waals surface area contributed by atoms with Gasteiger partial charge < -0.3 is 33.8 Å². The summed E-state index contributed by atoms with van der Waals surface area (Å²) in [5.74, 6) is -1.35. The Balaban J connectivity index is 5.26. The molecule has 0 spiro atoms. The molecule has 0 radical (unpaired) electrons. The fourth-order valence-electron chi connectivity index (χ4n) is 11.4. The highest BCUT2D eigenvalue weighted by atomic mass is 31.2. The summed E-state index contributed by atoms with van der Waals surface area (Å²) in [5.41, 5.74) is 0. The molecule has 0 saturated carbocycles. The lowest BCUT2D eigenvalue weighted by atomic mass is 10.0. The number of unbranched alkanes of at least 4 members (excludes halogenated alkanes) is 46. The van der Waals surface area contributed by atoms with Crippen molar-refractivity contribution in [3.63, 3.8) is 0 Å². The van der Waals surface area contributed by atoms with Gasteiger partial charge in [-0.25, -0.2) is 9.13 Å². The summed E-state index contributed by atoms with van der Waals surface area (Å²) in [7, 11) is -9.91. The first-order chi connectivity index (χ1) is 45.0. The second-order valence-electron chi connectivity index (χ2n) is 27.2. The van der Waals surface area contributed by atoms with Crippen molar-refractivity contribution < 1.29 is 80.2 Å². The Morgan fingerprint density at radius 2 is 0.495 bits per heavy atom. The number of aliphatic hydroxyl groups excluding tert-OH is 1. The summed E-state index contributed by atoms with van der Waals surface area (Å²) in [5, 5.41) is 10.6. The number of phosphoric acid groups is 2. The molecular weight excluding hydrogens is 1220 g/mol. The summed E-state index contributed by atoms with van der Waals surface area (Å²) in [6.07, 6.45) is 55.2. The predicted molar refractivity (Wildman–Crippen MR) is 377 cm³/mol. The van der Waals surface area contributed by atoms with Crippen LogP contribution in [0.4, 0.5) is 0 Å². The number of phosphoric ester groups is 2. The molecule has 0 aromatic rings. The maximum absolute atomic E-state index is 13.1. The normalized spacial score (nSPS) is 14.0. The van der Waals surface area contributed by atoms with Crippen molar-refractivity contribution in [3.05, 3.63) is 0 Å². The maximum atomic E-state index is 13.1. The fourth-order valence-corrected chi connectivity index (χ4v) is 12.9. The second-order valence-corrected chi connectivity index (χ2v) is 30.1. The Bertz CT molecular complexity index is 1790. The summed E-state index contributed by atoms with van der Waals surface area (Å²) in [4.78, 5) is 72.8. The van der Waals surface area contributed by atoms with Crippen molar-refractivity contribution in [1.29, 1.82) is 0 Å². The molecule has 19 heteroatoms. The molecule has 3 N–H and O–H groups in total. The first-order valence-corrected chi connectivity index (χ1v) is 41.6. The van der Waals surface area contributed by atoms with Crippen molar-refractivity contribution in [3.8, 4) is 0 Å². The molecule has 2 unspecified atom stereocenters. The molecule has 0 aromatic carbocycles. The molecule has 552 valence electrons. The van der Waals surface area contributed by atoms with Crippen LogP contribution >= 0.6 is 15.6 Å². The Labute approximate surface area is 568 Å². The van der Waals surface area contributed by atoms with Gasteiger partial charge in [-0.2, -0.15) is 0 Å². The molecule has 0 saturated heterocycles. The smallest absolute Gasteiger partial charge is 0.462 e. The zero-order chi connectivity index (χ0) is 68.4. The standard InChI is InChI=1S/C74H144O17P2/c1-6-9-12-15-18-21-24-27-28-30-33-40-45-50-55-60-74(79)91-70(64-85-72(77)58-53-48-43-38-35-34-36-41-46-51-56-67(4)5)66-89-93(82,83)87-62-68(75)61-86-92(80,81)88-65-69(63-84-71(76)57-52-47-42-37-31-26-23-20-17-14-11-8-3)90-73(78)59-54-49-44-39-32-29-25-22-19-16-13-10-7-2/h67-70,75H,6-66H2,1-5H3,(H,80,81)(H,82,83)/t68-,69+,70+/m0/s1. The van der Waals surface area contributed by atoms with Gasteiger partial charge in [-0.15, -0.1) is 0 Å². The number of carbonyl (C=O) groups is 4. The minimum absolute atomic E-state index is 0.108. The topological polar surface area (TPSA) is 237 Å². The van der Waals surface area contributed by atoms with E-state index in [0.717, 1.165) is 95.8 Å². The Morgan fingerprint density at radius 3 is 0.731 bits per heavy atom. The van der Waals surface area contributed by atoms with Crippen LogP contribution in [0.1, 0.15) is 388 Å². The van der Waals surface area contributed by atoms with Crippen LogP contribution in [-0.2, 0) is 65.4 Å². The van der Waals surface area contributed by atoms with Crippen LogP contribution in [0.15, 0.2) is 0 Å². The number of ether oxygens (including phenoxy) is 4. The highest BCUT2D eigenvalue weighted by Crippen LogP contribution is 2.45. The highest BCUT2D eigenvalue weighted by Gasteiger charge is 2.30. The molecule has 0 aliphatic carbocycles. The first-order valence-electron chi connectivity index (χ1n) is 38.6. The summed E-state index contributed by atoms with van der Waals surface area (Å²) >= 11 is 0. The number of aliphatic hydroxyl groups is 1. The Kier molecular flexibility index (Phi) is 65.9. The van der Waals surface area contributed by atoms with E-state index in [2.05, 4.69) is 34.6 Å². The Morgan fingerprint density at radius 1 is 0.290 bits per heavy atom. The molecular formula is C74H144O17P2. The molecule has 0 heterocycles. The van der Waals surface area contributed by atoms with Gasteiger partial charge in [-0.05, 0) is 31.6 Å². The molecule has 0 aromatic heterocycles. The summed E-state index contributed by atoms with van der Waals surface area (Å²) < 4.78 is 68.5. The molecule has 17 nitrogen and oxygen atoms in total. The maximum Gasteiger partial charge on any atom is 0.472 e. The van der Waals surface area contributed by atoms with Crippen LogP contribution < -0.4 is 0 Å². The lowest BCUT2D eigenvalue weighted by Gasteiger charge is -2.21. The van der Waals surface area contributed by atoms with Crippen LogP contribution in [0.5, 0.6) is 0 Å². The van der Waals surface area contributed by atoms with E-state index < -0.39 is 97.5 Å². The van der Waals surface area contributed by atoms with E-state index in [-0.39, 0.29) is 25.7 Å². The zero-order valence-corrected chi connectivity index (χ0v) is 62.2. The predicted octanol–water partition coefficient (Wildman–Crippen LogP) is 21.7.